The van der Waals surface area contributed by atoms with Gasteiger partial charge in [0.15, 0.2) is 0 Å². The standard InChI is InChI=1S/C17H22N2O2/c1-11(2)8-14-17(20)19-10-13-7-5-4-6-12(13)9-15(19)16(18-14)21-3/h4-7,11,14-15H,8-10H2,1-3H3/t14-,15-/m0/s1. The largest absolute Gasteiger partial charge is 0.483 e. The molecule has 1 amide bonds. The van der Waals surface area contributed by atoms with Crippen LogP contribution < -0.4 is 0 Å². The molecule has 0 unspecified atom stereocenters. The molecule has 0 bridgehead atoms. The van der Waals surface area contributed by atoms with Gasteiger partial charge in [-0.2, -0.15) is 0 Å². The Bertz CT molecular complexity index is 580. The highest BCUT2D eigenvalue weighted by Gasteiger charge is 2.41. The topological polar surface area (TPSA) is 41.9 Å². The van der Waals surface area contributed by atoms with E-state index in [0.717, 1.165) is 12.8 Å². The van der Waals surface area contributed by atoms with Gasteiger partial charge in [0.2, 0.25) is 11.8 Å². The van der Waals surface area contributed by atoms with Crippen molar-refractivity contribution >= 4 is 11.8 Å². The summed E-state index contributed by atoms with van der Waals surface area (Å²) >= 11 is 0. The van der Waals surface area contributed by atoms with Crippen molar-refractivity contribution in [1.82, 2.24) is 4.90 Å². The Balaban J connectivity index is 1.94. The number of rotatable bonds is 2. The molecule has 0 fully saturated rings. The van der Waals surface area contributed by atoms with E-state index >= 15 is 0 Å². The minimum absolute atomic E-state index is 0.0409. The van der Waals surface area contributed by atoms with E-state index in [9.17, 15) is 4.79 Å². The normalized spacial score (nSPS) is 24.5. The van der Waals surface area contributed by atoms with Crippen LogP contribution in [0.2, 0.25) is 0 Å². The maximum absolute atomic E-state index is 12.7. The number of ether oxygens (including phenoxy) is 1. The molecule has 4 nitrogen and oxygen atoms in total. The molecule has 1 aromatic carbocycles. The van der Waals surface area contributed by atoms with Crippen molar-refractivity contribution in [2.75, 3.05) is 7.11 Å². The summed E-state index contributed by atoms with van der Waals surface area (Å²) in [5.74, 6) is 1.29. The Morgan fingerprint density at radius 2 is 2.05 bits per heavy atom. The van der Waals surface area contributed by atoms with Crippen LogP contribution in [0.4, 0.5) is 0 Å². The van der Waals surface area contributed by atoms with Crippen molar-refractivity contribution in [2.24, 2.45) is 10.9 Å². The highest BCUT2D eigenvalue weighted by Crippen LogP contribution is 2.29. The number of carbonyl (C=O) groups is 1. The van der Waals surface area contributed by atoms with E-state index in [0.29, 0.717) is 18.4 Å². The lowest BCUT2D eigenvalue weighted by Gasteiger charge is -2.41. The highest BCUT2D eigenvalue weighted by molar-refractivity contribution is 5.96. The molecule has 0 aliphatic carbocycles. The molecule has 2 heterocycles. The van der Waals surface area contributed by atoms with Gasteiger partial charge in [-0.1, -0.05) is 38.1 Å². The summed E-state index contributed by atoms with van der Waals surface area (Å²) < 4.78 is 5.49. The first kappa shape index (κ1) is 14.1. The summed E-state index contributed by atoms with van der Waals surface area (Å²) in [6.45, 7) is 4.90. The molecule has 112 valence electrons. The number of amides is 1. The van der Waals surface area contributed by atoms with E-state index in [2.05, 4.69) is 31.0 Å². The van der Waals surface area contributed by atoms with Crippen molar-refractivity contribution < 1.29 is 9.53 Å². The molecular formula is C17H22N2O2. The molecule has 0 spiro atoms. The number of benzene rings is 1. The average molecular weight is 286 g/mol. The Labute approximate surface area is 125 Å². The van der Waals surface area contributed by atoms with Gasteiger partial charge in [-0.15, -0.1) is 0 Å². The molecule has 0 radical (unpaired) electrons. The first-order valence-electron chi connectivity index (χ1n) is 7.59. The number of fused-ring (bicyclic) bond motifs is 2. The third-order valence-corrected chi connectivity index (χ3v) is 4.29. The summed E-state index contributed by atoms with van der Waals surface area (Å²) in [7, 11) is 1.65. The molecule has 2 atom stereocenters. The Morgan fingerprint density at radius 3 is 2.71 bits per heavy atom. The Morgan fingerprint density at radius 1 is 1.33 bits per heavy atom. The van der Waals surface area contributed by atoms with E-state index in [-0.39, 0.29) is 18.0 Å². The zero-order valence-electron chi connectivity index (χ0n) is 12.9. The van der Waals surface area contributed by atoms with Gasteiger partial charge in [0, 0.05) is 13.0 Å². The lowest BCUT2D eigenvalue weighted by Crippen LogP contribution is -2.56. The van der Waals surface area contributed by atoms with Crippen molar-refractivity contribution in [1.29, 1.82) is 0 Å². The van der Waals surface area contributed by atoms with Crippen molar-refractivity contribution in [3.8, 4) is 0 Å². The van der Waals surface area contributed by atoms with Crippen molar-refractivity contribution in [3.05, 3.63) is 35.4 Å². The van der Waals surface area contributed by atoms with E-state index in [1.165, 1.54) is 11.1 Å². The molecule has 1 aromatic rings. The number of aliphatic imine (C=N–C) groups is 1. The van der Waals surface area contributed by atoms with Crippen LogP contribution >= 0.6 is 0 Å². The third-order valence-electron chi connectivity index (χ3n) is 4.29. The fraction of sp³-hybridized carbons (Fsp3) is 0.529. The second kappa shape index (κ2) is 5.51. The summed E-state index contributed by atoms with van der Waals surface area (Å²) in [6.07, 6.45) is 1.57. The molecule has 21 heavy (non-hydrogen) atoms. The minimum Gasteiger partial charge on any atom is -0.483 e. The summed E-state index contributed by atoms with van der Waals surface area (Å²) in [6, 6.07) is 7.98. The lowest BCUT2D eigenvalue weighted by molar-refractivity contribution is -0.136. The van der Waals surface area contributed by atoms with Crippen LogP contribution in [-0.4, -0.2) is 35.9 Å². The smallest absolute Gasteiger partial charge is 0.248 e. The first-order valence-corrected chi connectivity index (χ1v) is 7.59. The van der Waals surface area contributed by atoms with Crippen LogP contribution in [0.5, 0.6) is 0 Å². The van der Waals surface area contributed by atoms with Gasteiger partial charge in [0.05, 0.1) is 7.11 Å². The summed E-state index contributed by atoms with van der Waals surface area (Å²) in [5, 5.41) is 0. The van der Waals surface area contributed by atoms with E-state index in [4.69, 9.17) is 4.74 Å². The second-order valence-corrected chi connectivity index (χ2v) is 6.27. The molecule has 0 N–H and O–H groups in total. The van der Waals surface area contributed by atoms with Crippen molar-refractivity contribution in [3.63, 3.8) is 0 Å². The fourth-order valence-corrected chi connectivity index (χ4v) is 3.25. The van der Waals surface area contributed by atoms with Gasteiger partial charge >= 0.3 is 0 Å². The van der Waals surface area contributed by atoms with Gasteiger partial charge < -0.3 is 9.64 Å². The Kier molecular flexibility index (Phi) is 3.70. The van der Waals surface area contributed by atoms with Gasteiger partial charge in [-0.25, -0.2) is 4.99 Å². The SMILES string of the molecule is COC1=N[C@@H](CC(C)C)C(=O)N2Cc3ccccc3C[C@@H]12. The lowest BCUT2D eigenvalue weighted by atomic mass is 9.90. The summed E-state index contributed by atoms with van der Waals surface area (Å²) in [5.41, 5.74) is 2.53. The van der Waals surface area contributed by atoms with Crippen LogP contribution in [0.25, 0.3) is 0 Å². The zero-order chi connectivity index (χ0) is 15.0. The van der Waals surface area contributed by atoms with E-state index in [1.54, 1.807) is 7.11 Å². The fourth-order valence-electron chi connectivity index (χ4n) is 3.25. The quantitative estimate of drug-likeness (QED) is 0.838. The second-order valence-electron chi connectivity index (χ2n) is 6.27. The highest BCUT2D eigenvalue weighted by atomic mass is 16.5. The number of hydrogen-bond acceptors (Lipinski definition) is 3. The molecule has 0 saturated heterocycles. The minimum atomic E-state index is -0.290. The number of carbonyl (C=O) groups excluding carboxylic acids is 1. The zero-order valence-corrected chi connectivity index (χ0v) is 12.9. The van der Waals surface area contributed by atoms with Crippen LogP contribution in [0, 0.1) is 5.92 Å². The molecular weight excluding hydrogens is 264 g/mol. The number of nitrogens with zero attached hydrogens (tertiary/aromatic N) is 2. The number of hydrogen-bond donors (Lipinski definition) is 0. The van der Waals surface area contributed by atoms with Gasteiger partial charge in [0.1, 0.15) is 12.1 Å². The summed E-state index contributed by atoms with van der Waals surface area (Å²) in [4.78, 5) is 19.3. The van der Waals surface area contributed by atoms with Gasteiger partial charge in [-0.3, -0.25) is 4.79 Å². The maximum atomic E-state index is 12.7. The molecule has 2 aliphatic rings. The van der Waals surface area contributed by atoms with Gasteiger partial charge in [0.25, 0.3) is 0 Å². The number of methoxy groups -OCH3 is 1. The van der Waals surface area contributed by atoms with E-state index < -0.39 is 0 Å². The molecule has 3 rings (SSSR count). The van der Waals surface area contributed by atoms with Gasteiger partial charge in [-0.05, 0) is 23.5 Å². The monoisotopic (exact) mass is 286 g/mol. The average Bonchev–Trinajstić information content (AvgIpc) is 2.48. The molecule has 4 heteroatoms. The van der Waals surface area contributed by atoms with Crippen LogP contribution in [0.3, 0.4) is 0 Å². The predicted octanol–water partition coefficient (Wildman–Crippen LogP) is 2.41. The maximum Gasteiger partial charge on any atom is 0.248 e. The molecule has 2 aliphatic heterocycles. The molecule has 0 saturated carbocycles. The van der Waals surface area contributed by atoms with E-state index in [1.807, 2.05) is 17.0 Å². The predicted molar refractivity (Wildman–Crippen MR) is 82.2 cm³/mol. The van der Waals surface area contributed by atoms with Crippen LogP contribution in [0.1, 0.15) is 31.4 Å². The van der Waals surface area contributed by atoms with Crippen LogP contribution in [0.15, 0.2) is 29.3 Å². The van der Waals surface area contributed by atoms with Crippen molar-refractivity contribution in [2.45, 2.75) is 45.3 Å². The first-order chi connectivity index (χ1) is 10.1. The molecule has 0 aromatic heterocycles. The third kappa shape index (κ3) is 2.55. The van der Waals surface area contributed by atoms with Crippen LogP contribution in [-0.2, 0) is 22.5 Å². The Hall–Kier alpha value is -1.84.